The molecular weight excluding hydrogens is 402 g/mol. The van der Waals surface area contributed by atoms with Crippen molar-refractivity contribution in [2.24, 2.45) is 0 Å². The van der Waals surface area contributed by atoms with E-state index >= 15 is 0 Å². The molecule has 12 heteroatoms. The Kier molecular flexibility index (Phi) is 6.29. The van der Waals surface area contributed by atoms with E-state index in [1.165, 1.54) is 0 Å². The Morgan fingerprint density at radius 2 is 2.00 bits per heavy atom. The molecule has 0 spiro atoms. The largest absolute Gasteiger partial charge is 0.397 e. The summed E-state index contributed by atoms with van der Waals surface area (Å²) in [5.41, 5.74) is 3.08. The molecule has 2 unspecified atom stereocenters. The highest BCUT2D eigenvalue weighted by Gasteiger charge is 2.32. The van der Waals surface area contributed by atoms with Crippen LogP contribution in [0.2, 0.25) is 0 Å². The van der Waals surface area contributed by atoms with E-state index in [9.17, 15) is 18.6 Å². The molecule has 2 aromatic rings. The minimum atomic E-state index is -4.47. The Morgan fingerprint density at radius 3 is 2.62 bits per heavy atom. The number of hydrogen-bond acceptors (Lipinski definition) is 9. The summed E-state index contributed by atoms with van der Waals surface area (Å²) in [7, 11) is -0.656. The third kappa shape index (κ3) is 4.97. The first-order chi connectivity index (χ1) is 13.7. The van der Waals surface area contributed by atoms with Gasteiger partial charge in [-0.15, -0.1) is 0 Å². The van der Waals surface area contributed by atoms with Crippen molar-refractivity contribution in [1.82, 2.24) is 9.55 Å². The Bertz CT molecular complexity index is 934. The fourth-order valence-electron chi connectivity index (χ4n) is 3.23. The zero-order chi connectivity index (χ0) is 21.2. The molecule has 1 aliphatic heterocycles. The van der Waals surface area contributed by atoms with Crippen molar-refractivity contribution < 1.29 is 27.4 Å². The van der Waals surface area contributed by atoms with Gasteiger partial charge in [0.05, 0.1) is 35.7 Å². The molecule has 0 saturated heterocycles. The van der Waals surface area contributed by atoms with Crippen LogP contribution in [0.15, 0.2) is 30.9 Å². The number of aliphatic hydroxyl groups excluding tert-OH is 2. The fraction of sp³-hybridized carbons (Fsp3) is 0.471. The lowest BCUT2D eigenvalue weighted by Crippen LogP contribution is -2.51. The highest BCUT2D eigenvalue weighted by molar-refractivity contribution is 7.80. The van der Waals surface area contributed by atoms with Crippen LogP contribution < -0.4 is 15.1 Å². The highest BCUT2D eigenvalue weighted by Crippen LogP contribution is 2.39. The maximum atomic E-state index is 10.6. The van der Waals surface area contributed by atoms with Crippen molar-refractivity contribution in [2.75, 3.05) is 42.4 Å². The molecule has 29 heavy (non-hydrogen) atoms. The molecule has 2 atom stereocenters. The van der Waals surface area contributed by atoms with Gasteiger partial charge in [0.25, 0.3) is 0 Å². The first kappa shape index (κ1) is 21.3. The van der Waals surface area contributed by atoms with Gasteiger partial charge in [-0.25, -0.2) is 9.17 Å². The van der Waals surface area contributed by atoms with Gasteiger partial charge in [0, 0.05) is 33.0 Å². The second-order valence-electron chi connectivity index (χ2n) is 6.88. The van der Waals surface area contributed by atoms with Gasteiger partial charge in [0.15, 0.2) is 12.5 Å². The van der Waals surface area contributed by atoms with Crippen molar-refractivity contribution in [1.29, 1.82) is 0 Å². The number of aliphatic hydroxyl groups is 2. The minimum Gasteiger partial charge on any atom is -0.376 e. The highest BCUT2D eigenvalue weighted by atomic mass is 32.3. The van der Waals surface area contributed by atoms with Gasteiger partial charge in [-0.05, 0) is 25.0 Å². The number of fused-ring (bicyclic) bond motifs is 1. The van der Waals surface area contributed by atoms with Crippen molar-refractivity contribution >= 4 is 27.5 Å². The smallest absolute Gasteiger partial charge is 0.376 e. The van der Waals surface area contributed by atoms with Crippen molar-refractivity contribution in [3.63, 3.8) is 0 Å². The molecule has 11 nitrogen and oxygen atoms in total. The topological polar surface area (TPSA) is 140 Å². The van der Waals surface area contributed by atoms with Crippen LogP contribution in [0.5, 0.6) is 0 Å². The summed E-state index contributed by atoms with van der Waals surface area (Å²) in [6.45, 7) is 0.169. The maximum absolute atomic E-state index is 10.6. The van der Waals surface area contributed by atoms with Gasteiger partial charge in [-0.2, -0.15) is 8.42 Å². The zero-order valence-electron chi connectivity index (χ0n) is 16.1. The monoisotopic (exact) mass is 427 g/mol. The van der Waals surface area contributed by atoms with E-state index in [1.54, 1.807) is 17.4 Å². The van der Waals surface area contributed by atoms with Crippen LogP contribution in [0.3, 0.4) is 0 Å². The number of nitrogens with zero attached hydrogens (tertiary/aromatic N) is 4. The Labute approximate surface area is 169 Å². The standard InChI is InChI=1S/C17H25N5O6S/c1-20(2)14-9-12-13(10-15(14)21-7-5-18-11-21)22(17(24)16(23)19-12)6-3-4-8-28-29(25,26)27/h5,7,9-11,16-17,19,23-24H,3-4,6,8H2,1-2H3,(H,25,26,27). The average molecular weight is 427 g/mol. The Hall–Kier alpha value is -2.38. The third-order valence-corrected chi connectivity index (χ3v) is 5.06. The van der Waals surface area contributed by atoms with Crippen LogP contribution in [-0.4, -0.2) is 72.4 Å². The van der Waals surface area contributed by atoms with E-state index in [0.29, 0.717) is 30.8 Å². The van der Waals surface area contributed by atoms with Gasteiger partial charge in [0.1, 0.15) is 0 Å². The fourth-order valence-corrected chi connectivity index (χ4v) is 3.56. The van der Waals surface area contributed by atoms with Gasteiger partial charge >= 0.3 is 10.4 Å². The van der Waals surface area contributed by atoms with Gasteiger partial charge < -0.3 is 29.9 Å². The number of aromatic nitrogens is 2. The van der Waals surface area contributed by atoms with Crippen molar-refractivity contribution in [2.45, 2.75) is 25.3 Å². The van der Waals surface area contributed by atoms with Crippen LogP contribution in [0.4, 0.5) is 17.1 Å². The summed E-state index contributed by atoms with van der Waals surface area (Å²) in [4.78, 5) is 7.67. The summed E-state index contributed by atoms with van der Waals surface area (Å²) in [5.74, 6) is 0. The molecule has 0 amide bonds. The maximum Gasteiger partial charge on any atom is 0.397 e. The van der Waals surface area contributed by atoms with Gasteiger partial charge in [-0.3, -0.25) is 4.55 Å². The van der Waals surface area contributed by atoms with E-state index in [0.717, 1.165) is 11.4 Å². The lowest BCUT2D eigenvalue weighted by Gasteiger charge is -2.40. The van der Waals surface area contributed by atoms with Crippen molar-refractivity contribution in [3.8, 4) is 5.69 Å². The molecule has 1 aromatic carbocycles. The first-order valence-corrected chi connectivity index (χ1v) is 10.4. The number of imidazole rings is 1. The summed E-state index contributed by atoms with van der Waals surface area (Å²) < 4.78 is 36.0. The quantitative estimate of drug-likeness (QED) is 0.346. The molecule has 0 saturated carbocycles. The van der Waals surface area contributed by atoms with Crippen LogP contribution in [0.1, 0.15) is 12.8 Å². The third-order valence-electron chi connectivity index (χ3n) is 4.60. The van der Waals surface area contributed by atoms with Crippen LogP contribution >= 0.6 is 0 Å². The number of unbranched alkanes of at least 4 members (excludes halogenated alkanes) is 1. The average Bonchev–Trinajstić information content (AvgIpc) is 3.17. The number of hydrogen-bond donors (Lipinski definition) is 4. The number of benzene rings is 1. The SMILES string of the molecule is CN(C)c1cc2c(cc1-n1ccnc1)N(CCCCOS(=O)(=O)O)C(O)C(O)N2. The second-order valence-corrected chi connectivity index (χ2v) is 7.97. The van der Waals surface area contributed by atoms with Crippen molar-refractivity contribution in [3.05, 3.63) is 30.9 Å². The first-order valence-electron chi connectivity index (χ1n) is 9.02. The molecule has 4 N–H and O–H groups in total. The second kappa shape index (κ2) is 8.55. The molecule has 0 bridgehead atoms. The van der Waals surface area contributed by atoms with E-state index in [1.807, 2.05) is 41.9 Å². The molecule has 0 fully saturated rings. The molecule has 0 aliphatic carbocycles. The Morgan fingerprint density at radius 1 is 1.24 bits per heavy atom. The van der Waals surface area contributed by atoms with E-state index in [2.05, 4.69) is 14.5 Å². The molecule has 0 radical (unpaired) electrons. The number of rotatable bonds is 8. The van der Waals surface area contributed by atoms with E-state index in [-0.39, 0.29) is 6.61 Å². The molecule has 1 aromatic heterocycles. The van der Waals surface area contributed by atoms with Gasteiger partial charge in [-0.1, -0.05) is 0 Å². The summed E-state index contributed by atoms with van der Waals surface area (Å²) in [6, 6.07) is 3.78. The predicted molar refractivity (Wildman–Crippen MR) is 108 cm³/mol. The summed E-state index contributed by atoms with van der Waals surface area (Å²) >= 11 is 0. The Balaban J connectivity index is 1.87. The lowest BCUT2D eigenvalue weighted by atomic mass is 10.1. The predicted octanol–water partition coefficient (Wildman–Crippen LogP) is 0.407. The van der Waals surface area contributed by atoms with E-state index in [4.69, 9.17) is 4.55 Å². The number of nitrogens with one attached hydrogen (secondary N) is 1. The van der Waals surface area contributed by atoms with Gasteiger partial charge in [0.2, 0.25) is 0 Å². The molecule has 1 aliphatic rings. The minimum absolute atomic E-state index is 0.170. The molecule has 2 heterocycles. The summed E-state index contributed by atoms with van der Waals surface area (Å²) in [6.07, 6.45) is 3.58. The van der Waals surface area contributed by atoms with E-state index < -0.39 is 22.9 Å². The molecular formula is C17H25N5O6S. The number of anilines is 3. The van der Waals surface area contributed by atoms with Crippen LogP contribution in [-0.2, 0) is 14.6 Å². The van der Waals surface area contributed by atoms with Crippen LogP contribution in [0, 0.1) is 0 Å². The summed E-state index contributed by atoms with van der Waals surface area (Å²) in [5, 5.41) is 23.6. The normalized spacial score (nSPS) is 19.0. The van der Waals surface area contributed by atoms with Crippen LogP contribution in [0.25, 0.3) is 5.69 Å². The lowest BCUT2D eigenvalue weighted by molar-refractivity contribution is 0.0309. The molecule has 3 rings (SSSR count). The molecule has 160 valence electrons. The zero-order valence-corrected chi connectivity index (χ0v) is 16.9.